The fourth-order valence-electron chi connectivity index (χ4n) is 2.61. The van der Waals surface area contributed by atoms with E-state index in [4.69, 9.17) is 9.84 Å². The van der Waals surface area contributed by atoms with Crippen LogP contribution in [-0.2, 0) is 22.4 Å². The second kappa shape index (κ2) is 4.53. The first-order chi connectivity index (χ1) is 8.75. The number of rotatable bonds is 2. The Bertz CT molecular complexity index is 478. The average Bonchev–Trinajstić information content (AvgIpc) is 2.87. The first kappa shape index (κ1) is 11.4. The summed E-state index contributed by atoms with van der Waals surface area (Å²) in [5.41, 5.74) is 2.29. The van der Waals surface area contributed by atoms with Gasteiger partial charge < -0.3 is 14.7 Å². The van der Waals surface area contributed by atoms with Gasteiger partial charge in [-0.1, -0.05) is 0 Å². The van der Waals surface area contributed by atoms with Crippen molar-refractivity contribution in [3.05, 3.63) is 17.6 Å². The minimum atomic E-state index is -0.912. The predicted molar refractivity (Wildman–Crippen MR) is 63.6 cm³/mol. The highest BCUT2D eigenvalue weighted by atomic mass is 16.5. The van der Waals surface area contributed by atoms with Crippen molar-refractivity contribution in [3.63, 3.8) is 0 Å². The van der Waals surface area contributed by atoms with E-state index in [1.165, 1.54) is 5.56 Å². The van der Waals surface area contributed by atoms with Crippen LogP contribution in [-0.4, -0.2) is 46.8 Å². The molecule has 1 unspecified atom stereocenters. The highest BCUT2D eigenvalue weighted by molar-refractivity contribution is 5.73. The van der Waals surface area contributed by atoms with Gasteiger partial charge in [0.05, 0.1) is 13.2 Å². The lowest BCUT2D eigenvalue weighted by atomic mass is 10.2. The van der Waals surface area contributed by atoms with Gasteiger partial charge in [-0.25, -0.2) is 14.8 Å². The molecule has 1 aromatic heterocycles. The third-order valence-electron chi connectivity index (χ3n) is 3.49. The van der Waals surface area contributed by atoms with E-state index in [-0.39, 0.29) is 0 Å². The molecule has 3 rings (SSSR count). The molecule has 1 aliphatic carbocycles. The number of fused-ring (bicyclic) bond motifs is 1. The number of hydrogen-bond acceptors (Lipinski definition) is 5. The van der Waals surface area contributed by atoms with E-state index in [9.17, 15) is 4.79 Å². The molecule has 0 spiro atoms. The first-order valence-electron chi connectivity index (χ1n) is 6.18. The number of anilines is 1. The summed E-state index contributed by atoms with van der Waals surface area (Å²) < 4.78 is 5.23. The number of carboxylic acids is 1. The van der Waals surface area contributed by atoms with Crippen LogP contribution >= 0.6 is 0 Å². The lowest BCUT2D eigenvalue weighted by Crippen LogP contribution is -2.46. The quantitative estimate of drug-likeness (QED) is 0.810. The molecule has 1 aromatic rings. The van der Waals surface area contributed by atoms with Crippen LogP contribution in [0, 0.1) is 0 Å². The van der Waals surface area contributed by atoms with Gasteiger partial charge >= 0.3 is 5.97 Å². The van der Waals surface area contributed by atoms with Crippen LogP contribution in [0.2, 0.25) is 0 Å². The van der Waals surface area contributed by atoms with Crippen molar-refractivity contribution in [1.29, 1.82) is 0 Å². The van der Waals surface area contributed by atoms with Crippen LogP contribution in [0.15, 0.2) is 6.33 Å². The fourth-order valence-corrected chi connectivity index (χ4v) is 2.61. The number of nitrogens with zero attached hydrogens (tertiary/aromatic N) is 3. The molecule has 1 atom stereocenters. The molecule has 18 heavy (non-hydrogen) atoms. The second-order valence-electron chi connectivity index (χ2n) is 4.62. The van der Waals surface area contributed by atoms with Crippen LogP contribution < -0.4 is 4.90 Å². The molecule has 2 aliphatic rings. The minimum Gasteiger partial charge on any atom is -0.479 e. The monoisotopic (exact) mass is 249 g/mol. The number of hydrogen-bond donors (Lipinski definition) is 1. The summed E-state index contributed by atoms with van der Waals surface area (Å²) in [6.07, 6.45) is 3.90. The highest BCUT2D eigenvalue weighted by Gasteiger charge is 2.29. The van der Waals surface area contributed by atoms with Crippen molar-refractivity contribution in [2.45, 2.75) is 25.4 Å². The third kappa shape index (κ3) is 1.92. The van der Waals surface area contributed by atoms with E-state index in [0.29, 0.717) is 19.7 Å². The summed E-state index contributed by atoms with van der Waals surface area (Å²) >= 11 is 0. The lowest BCUT2D eigenvalue weighted by Gasteiger charge is -2.32. The topological polar surface area (TPSA) is 75.5 Å². The van der Waals surface area contributed by atoms with Gasteiger partial charge in [0.15, 0.2) is 6.10 Å². The standard InChI is InChI=1S/C12H15N3O3/c16-12(17)10-6-15(4-5-18-10)11-8-2-1-3-9(8)13-7-14-11/h7,10H,1-6H2,(H,16,17). The van der Waals surface area contributed by atoms with E-state index >= 15 is 0 Å². The van der Waals surface area contributed by atoms with Gasteiger partial charge in [-0.15, -0.1) is 0 Å². The second-order valence-corrected chi connectivity index (χ2v) is 4.62. The molecule has 1 fully saturated rings. The van der Waals surface area contributed by atoms with Crippen LogP contribution in [0.1, 0.15) is 17.7 Å². The lowest BCUT2D eigenvalue weighted by molar-refractivity contribution is -0.150. The molecule has 6 nitrogen and oxygen atoms in total. The zero-order chi connectivity index (χ0) is 12.5. The van der Waals surface area contributed by atoms with Gasteiger partial charge in [-0.2, -0.15) is 0 Å². The maximum absolute atomic E-state index is 11.0. The predicted octanol–water partition coefficient (Wildman–Crippen LogP) is 0.255. The summed E-state index contributed by atoms with van der Waals surface area (Å²) in [5.74, 6) is -0.0162. The van der Waals surface area contributed by atoms with Crippen LogP contribution in [0.4, 0.5) is 5.82 Å². The average molecular weight is 249 g/mol. The summed E-state index contributed by atoms with van der Waals surface area (Å²) in [6.45, 7) is 1.47. The summed E-state index contributed by atoms with van der Waals surface area (Å²) in [7, 11) is 0. The number of aliphatic carboxylic acids is 1. The molecule has 0 amide bonds. The summed E-state index contributed by atoms with van der Waals surface area (Å²) in [6, 6.07) is 0. The smallest absolute Gasteiger partial charge is 0.334 e. The number of carbonyl (C=O) groups is 1. The number of ether oxygens (including phenoxy) is 1. The summed E-state index contributed by atoms with van der Waals surface area (Å²) in [4.78, 5) is 21.6. The Balaban J connectivity index is 1.86. The number of morpholine rings is 1. The van der Waals surface area contributed by atoms with Gasteiger partial charge in [0.2, 0.25) is 0 Å². The molecule has 0 radical (unpaired) electrons. The molecule has 2 heterocycles. The van der Waals surface area contributed by atoms with E-state index in [1.54, 1.807) is 6.33 Å². The Kier molecular flexibility index (Phi) is 2.87. The van der Waals surface area contributed by atoms with Crippen molar-refractivity contribution in [2.24, 2.45) is 0 Å². The van der Waals surface area contributed by atoms with Crippen molar-refractivity contribution in [2.75, 3.05) is 24.6 Å². The minimum absolute atomic E-state index is 0.360. The molecule has 0 aromatic carbocycles. The molecule has 96 valence electrons. The van der Waals surface area contributed by atoms with Gasteiger partial charge in [0, 0.05) is 17.8 Å². The fraction of sp³-hybridized carbons (Fsp3) is 0.583. The maximum Gasteiger partial charge on any atom is 0.334 e. The third-order valence-corrected chi connectivity index (χ3v) is 3.49. The molecular formula is C12H15N3O3. The SMILES string of the molecule is O=C(O)C1CN(c2ncnc3c2CCC3)CCO1. The van der Waals surface area contributed by atoms with E-state index in [0.717, 1.165) is 30.8 Å². The van der Waals surface area contributed by atoms with Gasteiger partial charge in [-0.3, -0.25) is 0 Å². The zero-order valence-electron chi connectivity index (χ0n) is 10.0. The van der Waals surface area contributed by atoms with E-state index in [1.807, 2.05) is 4.90 Å². The molecule has 1 saturated heterocycles. The maximum atomic E-state index is 11.0. The Morgan fingerprint density at radius 1 is 1.44 bits per heavy atom. The van der Waals surface area contributed by atoms with Crippen molar-refractivity contribution < 1.29 is 14.6 Å². The van der Waals surface area contributed by atoms with Gasteiger partial charge in [-0.05, 0) is 19.3 Å². The van der Waals surface area contributed by atoms with Gasteiger partial charge in [0.1, 0.15) is 12.1 Å². The summed E-state index contributed by atoms with van der Waals surface area (Å²) in [5, 5.41) is 9.01. The Hall–Kier alpha value is -1.69. The number of carboxylic acid groups (broad SMARTS) is 1. The Morgan fingerprint density at radius 2 is 2.33 bits per heavy atom. The van der Waals surface area contributed by atoms with Crippen LogP contribution in [0.5, 0.6) is 0 Å². The highest BCUT2D eigenvalue weighted by Crippen LogP contribution is 2.28. The van der Waals surface area contributed by atoms with Crippen molar-refractivity contribution in [1.82, 2.24) is 9.97 Å². The molecule has 0 bridgehead atoms. The number of aromatic nitrogens is 2. The van der Waals surface area contributed by atoms with Crippen molar-refractivity contribution >= 4 is 11.8 Å². The molecule has 1 aliphatic heterocycles. The van der Waals surface area contributed by atoms with Crippen LogP contribution in [0.25, 0.3) is 0 Å². The molecular weight excluding hydrogens is 234 g/mol. The Labute approximate surface area is 105 Å². The largest absolute Gasteiger partial charge is 0.479 e. The normalized spacial score (nSPS) is 22.9. The molecule has 0 saturated carbocycles. The van der Waals surface area contributed by atoms with E-state index in [2.05, 4.69) is 9.97 Å². The van der Waals surface area contributed by atoms with E-state index < -0.39 is 12.1 Å². The van der Waals surface area contributed by atoms with Gasteiger partial charge in [0.25, 0.3) is 0 Å². The first-order valence-corrected chi connectivity index (χ1v) is 6.18. The number of aryl methyl sites for hydroxylation is 1. The molecule has 6 heteroatoms. The Morgan fingerprint density at radius 3 is 3.17 bits per heavy atom. The zero-order valence-corrected chi connectivity index (χ0v) is 10.0. The molecule has 1 N–H and O–H groups in total. The van der Waals surface area contributed by atoms with Crippen molar-refractivity contribution in [3.8, 4) is 0 Å². The van der Waals surface area contributed by atoms with Crippen LogP contribution in [0.3, 0.4) is 0 Å².